The van der Waals surface area contributed by atoms with Gasteiger partial charge >= 0.3 is 0 Å². The molecule has 4 rings (SSSR count). The molecule has 2 aliphatic rings. The molecule has 30 heavy (non-hydrogen) atoms. The molecule has 2 aromatic rings. The smallest absolute Gasteiger partial charge is 0.152 e. The molecule has 0 N–H and O–H groups in total. The first kappa shape index (κ1) is 21.2. The van der Waals surface area contributed by atoms with Gasteiger partial charge in [-0.1, -0.05) is 39.0 Å². The Hall–Kier alpha value is -2.02. The standard InChI is InChI=1S/C26H30F3N/c1-2-3-4-5-16-6-7-18-11-19(9-8-17(18)10-16)22-13-20-12-21(27)14-24(28)25(20)26(29)23(22)15-30/h12-14,16-19H,2-11H2,1H3. The molecule has 4 heteroatoms. The second-order valence-corrected chi connectivity index (χ2v) is 9.46. The normalized spacial score (nSPS) is 26.4. The summed E-state index contributed by atoms with van der Waals surface area (Å²) >= 11 is 0. The summed E-state index contributed by atoms with van der Waals surface area (Å²) in [5.41, 5.74) is 0.570. The topological polar surface area (TPSA) is 23.8 Å². The van der Waals surface area contributed by atoms with Crippen LogP contribution in [0.5, 0.6) is 0 Å². The maximum absolute atomic E-state index is 15.0. The number of halogens is 3. The van der Waals surface area contributed by atoms with Crippen LogP contribution in [0.15, 0.2) is 18.2 Å². The Balaban J connectivity index is 1.56. The fourth-order valence-corrected chi connectivity index (χ4v) is 6.08. The third-order valence-electron chi connectivity index (χ3n) is 7.61. The summed E-state index contributed by atoms with van der Waals surface area (Å²) in [6.45, 7) is 2.24. The van der Waals surface area contributed by atoms with Crippen molar-refractivity contribution in [3.8, 4) is 6.07 Å². The predicted octanol–water partition coefficient (Wildman–Crippen LogP) is 8.01. The minimum Gasteiger partial charge on any atom is -0.207 e. The Labute approximate surface area is 177 Å². The number of fused-ring (bicyclic) bond motifs is 2. The minimum absolute atomic E-state index is 0.0651. The Bertz CT molecular complexity index is 961. The zero-order valence-electron chi connectivity index (χ0n) is 17.7. The zero-order chi connectivity index (χ0) is 21.3. The Morgan fingerprint density at radius 1 is 0.967 bits per heavy atom. The van der Waals surface area contributed by atoms with E-state index in [1.54, 1.807) is 6.07 Å². The van der Waals surface area contributed by atoms with Crippen LogP contribution in [0, 0.1) is 46.5 Å². The molecule has 0 amide bonds. The first-order chi connectivity index (χ1) is 14.5. The molecule has 2 aliphatic carbocycles. The second-order valence-electron chi connectivity index (χ2n) is 9.46. The molecule has 0 saturated heterocycles. The Morgan fingerprint density at radius 2 is 1.73 bits per heavy atom. The molecule has 0 bridgehead atoms. The van der Waals surface area contributed by atoms with Crippen LogP contribution in [0.3, 0.4) is 0 Å². The van der Waals surface area contributed by atoms with Crippen LogP contribution < -0.4 is 0 Å². The third kappa shape index (κ3) is 4.09. The summed E-state index contributed by atoms with van der Waals surface area (Å²) in [5.74, 6) is -0.246. The monoisotopic (exact) mass is 413 g/mol. The van der Waals surface area contributed by atoms with Crippen molar-refractivity contribution < 1.29 is 13.2 Å². The molecule has 160 valence electrons. The van der Waals surface area contributed by atoms with Crippen molar-refractivity contribution in [2.24, 2.45) is 17.8 Å². The molecule has 1 nitrogen and oxygen atoms in total. The fourth-order valence-electron chi connectivity index (χ4n) is 6.08. The van der Waals surface area contributed by atoms with Gasteiger partial charge in [0, 0.05) is 6.07 Å². The highest BCUT2D eigenvalue weighted by atomic mass is 19.1. The lowest BCUT2D eigenvalue weighted by molar-refractivity contribution is 0.113. The number of nitrogens with zero attached hydrogens (tertiary/aromatic N) is 1. The van der Waals surface area contributed by atoms with Crippen molar-refractivity contribution in [1.82, 2.24) is 0 Å². The molecule has 2 aromatic carbocycles. The van der Waals surface area contributed by atoms with Crippen LogP contribution in [0.25, 0.3) is 10.8 Å². The van der Waals surface area contributed by atoms with Gasteiger partial charge in [-0.25, -0.2) is 13.2 Å². The van der Waals surface area contributed by atoms with Gasteiger partial charge in [0.05, 0.1) is 10.9 Å². The fraction of sp³-hybridized carbons (Fsp3) is 0.577. The van der Waals surface area contributed by atoms with Crippen LogP contribution in [0.1, 0.15) is 88.2 Å². The second kappa shape index (κ2) is 9.00. The van der Waals surface area contributed by atoms with Gasteiger partial charge in [-0.2, -0.15) is 5.26 Å². The van der Waals surface area contributed by atoms with Crippen LogP contribution >= 0.6 is 0 Å². The van der Waals surface area contributed by atoms with Crippen LogP contribution in [0.4, 0.5) is 13.2 Å². The summed E-state index contributed by atoms with van der Waals surface area (Å²) in [4.78, 5) is 0. The van der Waals surface area contributed by atoms with Crippen molar-refractivity contribution in [3.63, 3.8) is 0 Å². The average molecular weight is 414 g/mol. The van der Waals surface area contributed by atoms with Gasteiger partial charge < -0.3 is 0 Å². The third-order valence-corrected chi connectivity index (χ3v) is 7.61. The number of hydrogen-bond acceptors (Lipinski definition) is 1. The van der Waals surface area contributed by atoms with Crippen LogP contribution in [-0.2, 0) is 0 Å². The van der Waals surface area contributed by atoms with Gasteiger partial charge in [-0.15, -0.1) is 0 Å². The lowest BCUT2D eigenvalue weighted by atomic mass is 9.63. The van der Waals surface area contributed by atoms with Crippen molar-refractivity contribution in [2.45, 2.75) is 77.0 Å². The van der Waals surface area contributed by atoms with E-state index in [1.165, 1.54) is 51.0 Å². The zero-order valence-corrected chi connectivity index (χ0v) is 17.7. The molecule has 2 saturated carbocycles. The van der Waals surface area contributed by atoms with Gasteiger partial charge in [0.25, 0.3) is 0 Å². The maximum atomic E-state index is 15.0. The van der Waals surface area contributed by atoms with Crippen molar-refractivity contribution >= 4 is 10.8 Å². The molecule has 0 radical (unpaired) electrons. The summed E-state index contributed by atoms with van der Waals surface area (Å²) in [6, 6.07) is 5.47. The molecule has 0 heterocycles. The number of hydrogen-bond donors (Lipinski definition) is 0. The highest BCUT2D eigenvalue weighted by Crippen LogP contribution is 2.49. The van der Waals surface area contributed by atoms with Gasteiger partial charge in [-0.3, -0.25) is 0 Å². The SMILES string of the molecule is CCCCCC1CCC2CC(c3cc4cc(F)cc(F)c4c(F)c3C#N)CCC2C1. The molecule has 0 aliphatic heterocycles. The van der Waals surface area contributed by atoms with Crippen LogP contribution in [0.2, 0.25) is 0 Å². The summed E-state index contributed by atoms with van der Waals surface area (Å²) in [6.07, 6.45) is 12.0. The van der Waals surface area contributed by atoms with E-state index in [2.05, 4.69) is 6.92 Å². The van der Waals surface area contributed by atoms with Gasteiger partial charge in [0.2, 0.25) is 0 Å². The van der Waals surface area contributed by atoms with E-state index in [4.69, 9.17) is 0 Å². The first-order valence-electron chi connectivity index (χ1n) is 11.5. The molecular weight excluding hydrogens is 383 g/mol. The van der Waals surface area contributed by atoms with E-state index >= 15 is 4.39 Å². The van der Waals surface area contributed by atoms with E-state index < -0.39 is 17.5 Å². The van der Waals surface area contributed by atoms with E-state index in [9.17, 15) is 14.0 Å². The Morgan fingerprint density at radius 3 is 2.50 bits per heavy atom. The predicted molar refractivity (Wildman–Crippen MR) is 114 cm³/mol. The summed E-state index contributed by atoms with van der Waals surface area (Å²) in [5, 5.41) is 9.55. The highest BCUT2D eigenvalue weighted by Gasteiger charge is 2.37. The van der Waals surface area contributed by atoms with Crippen molar-refractivity contribution in [2.75, 3.05) is 0 Å². The number of benzene rings is 2. The minimum atomic E-state index is -0.948. The average Bonchev–Trinajstić information content (AvgIpc) is 2.72. The number of unbranched alkanes of at least 4 members (excludes halogenated alkanes) is 2. The van der Waals surface area contributed by atoms with Crippen molar-refractivity contribution in [3.05, 3.63) is 46.8 Å². The largest absolute Gasteiger partial charge is 0.207 e. The summed E-state index contributed by atoms with van der Waals surface area (Å²) in [7, 11) is 0. The van der Waals surface area contributed by atoms with Crippen molar-refractivity contribution in [1.29, 1.82) is 5.26 Å². The van der Waals surface area contributed by atoms with Gasteiger partial charge in [0.1, 0.15) is 17.7 Å². The van der Waals surface area contributed by atoms with E-state index in [0.717, 1.165) is 31.1 Å². The van der Waals surface area contributed by atoms with Gasteiger partial charge in [-0.05, 0) is 78.9 Å². The molecule has 0 aromatic heterocycles. The summed E-state index contributed by atoms with van der Waals surface area (Å²) < 4.78 is 42.9. The lowest BCUT2D eigenvalue weighted by Crippen LogP contribution is -2.30. The molecule has 4 unspecified atom stereocenters. The quantitative estimate of drug-likeness (QED) is 0.455. The molecule has 2 fully saturated rings. The van der Waals surface area contributed by atoms with E-state index in [0.29, 0.717) is 17.5 Å². The first-order valence-corrected chi connectivity index (χ1v) is 11.5. The maximum Gasteiger partial charge on any atom is 0.152 e. The van der Waals surface area contributed by atoms with Crippen LogP contribution in [-0.4, -0.2) is 0 Å². The molecular formula is C26H30F3N. The van der Waals surface area contributed by atoms with E-state index in [1.807, 2.05) is 6.07 Å². The highest BCUT2D eigenvalue weighted by molar-refractivity contribution is 5.86. The number of nitriles is 1. The number of rotatable bonds is 5. The molecule has 0 spiro atoms. The van der Waals surface area contributed by atoms with Gasteiger partial charge in [0.15, 0.2) is 5.82 Å². The van der Waals surface area contributed by atoms with E-state index in [-0.39, 0.29) is 22.3 Å². The lowest BCUT2D eigenvalue weighted by Gasteiger charge is -2.42. The Kier molecular flexibility index (Phi) is 6.37. The molecule has 4 atom stereocenters.